The van der Waals surface area contributed by atoms with Crippen molar-refractivity contribution in [1.82, 2.24) is 9.97 Å². The summed E-state index contributed by atoms with van der Waals surface area (Å²) in [7, 11) is 0. The van der Waals surface area contributed by atoms with E-state index in [0.29, 0.717) is 6.07 Å². The lowest BCUT2D eigenvalue weighted by Crippen LogP contribution is -2.11. The van der Waals surface area contributed by atoms with E-state index in [9.17, 15) is 22.4 Å². The molecule has 0 atom stereocenters. The van der Waals surface area contributed by atoms with Crippen LogP contribution in [0.1, 0.15) is 16.1 Å². The van der Waals surface area contributed by atoms with Gasteiger partial charge in [-0.05, 0) is 30.3 Å². The van der Waals surface area contributed by atoms with Crippen LogP contribution in [0, 0.1) is 5.82 Å². The zero-order chi connectivity index (χ0) is 18.4. The number of nitrogens with two attached hydrogens (primary N) is 1. The molecule has 0 saturated heterocycles. The predicted octanol–water partition coefficient (Wildman–Crippen LogP) is 3.74. The first-order valence-electron chi connectivity index (χ1n) is 6.84. The number of rotatable bonds is 2. The molecule has 0 aliphatic rings. The third kappa shape index (κ3) is 3.08. The van der Waals surface area contributed by atoms with Gasteiger partial charge in [-0.3, -0.25) is 0 Å². The van der Waals surface area contributed by atoms with E-state index in [4.69, 9.17) is 10.8 Å². The first-order chi connectivity index (χ1) is 11.7. The zero-order valence-corrected chi connectivity index (χ0v) is 12.3. The maximum absolute atomic E-state index is 13.3. The van der Waals surface area contributed by atoms with Crippen molar-refractivity contribution in [2.75, 3.05) is 5.73 Å². The molecule has 128 valence electrons. The first-order valence-corrected chi connectivity index (χ1v) is 6.84. The number of hydrogen-bond donors (Lipinski definition) is 2. The highest BCUT2D eigenvalue weighted by Gasteiger charge is 2.35. The van der Waals surface area contributed by atoms with E-state index in [1.54, 1.807) is 0 Å². The Morgan fingerprint density at radius 3 is 2.40 bits per heavy atom. The molecule has 0 saturated carbocycles. The summed E-state index contributed by atoms with van der Waals surface area (Å²) in [6.07, 6.45) is -4.82. The van der Waals surface area contributed by atoms with Gasteiger partial charge in [0.1, 0.15) is 5.82 Å². The Morgan fingerprint density at radius 1 is 1.08 bits per heavy atom. The Morgan fingerprint density at radius 2 is 1.80 bits per heavy atom. The van der Waals surface area contributed by atoms with Gasteiger partial charge in [-0.15, -0.1) is 0 Å². The number of alkyl halides is 3. The number of carboxylic acids is 1. The molecule has 9 heteroatoms. The van der Waals surface area contributed by atoms with Crippen LogP contribution >= 0.6 is 0 Å². The molecule has 0 spiro atoms. The normalized spacial score (nSPS) is 11.7. The summed E-state index contributed by atoms with van der Waals surface area (Å²) in [5, 5.41) is 8.48. The number of halogens is 4. The molecule has 0 unspecified atom stereocenters. The summed E-state index contributed by atoms with van der Waals surface area (Å²) in [6, 6.07) is 6.39. The van der Waals surface area contributed by atoms with Gasteiger partial charge in [0.15, 0.2) is 11.5 Å². The first kappa shape index (κ1) is 16.6. The van der Waals surface area contributed by atoms with Gasteiger partial charge >= 0.3 is 12.1 Å². The lowest BCUT2D eigenvalue weighted by Gasteiger charge is -2.12. The monoisotopic (exact) mass is 351 g/mol. The topological polar surface area (TPSA) is 89.1 Å². The Bertz CT molecular complexity index is 1000. The molecule has 25 heavy (non-hydrogen) atoms. The minimum absolute atomic E-state index is 0.0976. The van der Waals surface area contributed by atoms with E-state index < -0.39 is 29.0 Å². The number of carboxylic acid groups (broad SMARTS) is 1. The van der Waals surface area contributed by atoms with Crippen LogP contribution in [0.25, 0.3) is 22.3 Å². The number of hydrogen-bond acceptors (Lipinski definition) is 4. The highest BCUT2D eigenvalue weighted by atomic mass is 19.4. The minimum Gasteiger partial charge on any atom is -0.478 e. The van der Waals surface area contributed by atoms with Crippen LogP contribution < -0.4 is 5.73 Å². The molecule has 3 aromatic rings. The molecule has 0 aliphatic heterocycles. The molecular formula is C16H9F4N3O2. The molecule has 0 amide bonds. The smallest absolute Gasteiger partial charge is 0.434 e. The lowest BCUT2D eigenvalue weighted by molar-refractivity contribution is -0.139. The van der Waals surface area contributed by atoms with Crippen LogP contribution in [-0.4, -0.2) is 21.0 Å². The molecule has 3 rings (SSSR count). The summed E-state index contributed by atoms with van der Waals surface area (Å²) in [5.41, 5.74) is 4.01. The molecule has 1 heterocycles. The average molecular weight is 351 g/mol. The number of nitrogens with zero attached hydrogens (tertiary/aromatic N) is 2. The van der Waals surface area contributed by atoms with Crippen molar-refractivity contribution in [3.8, 4) is 11.4 Å². The van der Waals surface area contributed by atoms with E-state index in [0.717, 1.165) is 18.2 Å². The quantitative estimate of drug-likeness (QED) is 0.542. The Kier molecular flexibility index (Phi) is 3.78. The van der Waals surface area contributed by atoms with Gasteiger partial charge in [0.25, 0.3) is 0 Å². The highest BCUT2D eigenvalue weighted by Crippen LogP contribution is 2.35. The molecule has 1 aromatic heterocycles. The van der Waals surface area contributed by atoms with Crippen molar-refractivity contribution in [2.24, 2.45) is 0 Å². The van der Waals surface area contributed by atoms with Crippen molar-refractivity contribution in [3.63, 3.8) is 0 Å². The van der Waals surface area contributed by atoms with Crippen molar-refractivity contribution >= 4 is 22.6 Å². The van der Waals surface area contributed by atoms with Gasteiger partial charge in [0, 0.05) is 16.6 Å². The van der Waals surface area contributed by atoms with Crippen LogP contribution in [0.5, 0.6) is 0 Å². The second-order valence-corrected chi connectivity index (χ2v) is 5.16. The summed E-state index contributed by atoms with van der Waals surface area (Å²) >= 11 is 0. The van der Waals surface area contributed by atoms with Gasteiger partial charge in [0.2, 0.25) is 0 Å². The van der Waals surface area contributed by atoms with Crippen LogP contribution in [0.3, 0.4) is 0 Å². The number of nitrogen functional groups attached to an aromatic ring is 1. The minimum atomic E-state index is -4.82. The van der Waals surface area contributed by atoms with Crippen molar-refractivity contribution < 1.29 is 27.5 Å². The van der Waals surface area contributed by atoms with Crippen molar-refractivity contribution in [3.05, 3.63) is 53.5 Å². The van der Waals surface area contributed by atoms with E-state index in [1.165, 1.54) is 12.1 Å². The summed E-state index contributed by atoms with van der Waals surface area (Å²) in [5.74, 6) is -2.41. The summed E-state index contributed by atoms with van der Waals surface area (Å²) in [4.78, 5) is 18.5. The standard InChI is InChI=1S/C16H9F4N3O2/c17-8-2-4-12-10(6-8)13(16(18,19)20)23-14(22-12)7-1-3-9(15(24)25)11(21)5-7/h1-6H,21H2,(H,24,25). The molecule has 0 bridgehead atoms. The third-order valence-electron chi connectivity index (χ3n) is 3.47. The second-order valence-electron chi connectivity index (χ2n) is 5.16. The Labute approximate surface area is 137 Å². The van der Waals surface area contributed by atoms with E-state index in [1.807, 2.05) is 0 Å². The van der Waals surface area contributed by atoms with E-state index in [2.05, 4.69) is 9.97 Å². The number of fused-ring (bicyclic) bond motifs is 1. The van der Waals surface area contributed by atoms with Gasteiger partial charge in [-0.2, -0.15) is 13.2 Å². The second kappa shape index (κ2) is 5.69. The third-order valence-corrected chi connectivity index (χ3v) is 3.47. The van der Waals surface area contributed by atoms with E-state index in [-0.39, 0.29) is 28.2 Å². The fourth-order valence-electron chi connectivity index (χ4n) is 2.34. The van der Waals surface area contributed by atoms with Crippen LogP contribution in [0.4, 0.5) is 23.2 Å². The highest BCUT2D eigenvalue weighted by molar-refractivity contribution is 5.94. The maximum Gasteiger partial charge on any atom is 0.434 e. The number of carbonyl (C=O) groups is 1. The zero-order valence-electron chi connectivity index (χ0n) is 12.3. The van der Waals surface area contributed by atoms with E-state index >= 15 is 0 Å². The molecule has 0 radical (unpaired) electrons. The van der Waals surface area contributed by atoms with Crippen LogP contribution in [-0.2, 0) is 6.18 Å². The Balaban J connectivity index is 2.26. The number of aromatic nitrogens is 2. The fourth-order valence-corrected chi connectivity index (χ4v) is 2.34. The lowest BCUT2D eigenvalue weighted by atomic mass is 10.1. The Hall–Kier alpha value is -3.23. The maximum atomic E-state index is 13.3. The predicted molar refractivity (Wildman–Crippen MR) is 81.3 cm³/mol. The largest absolute Gasteiger partial charge is 0.478 e. The fraction of sp³-hybridized carbons (Fsp3) is 0.0625. The molecule has 5 nitrogen and oxygen atoms in total. The number of benzene rings is 2. The SMILES string of the molecule is Nc1cc(-c2nc(C(F)(F)F)c3cc(F)ccc3n2)ccc1C(=O)O. The molecule has 0 aliphatic carbocycles. The van der Waals surface area contributed by atoms with Gasteiger partial charge in [-0.1, -0.05) is 6.07 Å². The molecule has 3 N–H and O–H groups in total. The molecule has 2 aromatic carbocycles. The van der Waals surface area contributed by atoms with Gasteiger partial charge in [0.05, 0.1) is 11.1 Å². The summed E-state index contributed by atoms with van der Waals surface area (Å²) in [6.45, 7) is 0. The molecular weight excluding hydrogens is 342 g/mol. The van der Waals surface area contributed by atoms with Gasteiger partial charge in [-0.25, -0.2) is 19.2 Å². The average Bonchev–Trinajstić information content (AvgIpc) is 2.52. The van der Waals surface area contributed by atoms with Crippen LogP contribution in [0.15, 0.2) is 36.4 Å². The van der Waals surface area contributed by atoms with Crippen LogP contribution in [0.2, 0.25) is 0 Å². The number of anilines is 1. The molecule has 0 fully saturated rings. The van der Waals surface area contributed by atoms with Crippen molar-refractivity contribution in [2.45, 2.75) is 6.18 Å². The van der Waals surface area contributed by atoms with Gasteiger partial charge < -0.3 is 10.8 Å². The number of aromatic carboxylic acids is 1. The van der Waals surface area contributed by atoms with Crippen molar-refractivity contribution in [1.29, 1.82) is 0 Å². The summed E-state index contributed by atoms with van der Waals surface area (Å²) < 4.78 is 53.1.